The minimum absolute atomic E-state index is 0.329. The monoisotopic (exact) mass is 412 g/mol. The maximum Gasteiger partial charge on any atom is 0.282 e. The quantitative estimate of drug-likeness (QED) is 0.370. The van der Waals surface area contributed by atoms with Gasteiger partial charge in [-0.2, -0.15) is 15.2 Å². The van der Waals surface area contributed by atoms with Gasteiger partial charge in [-0.05, 0) is 55.6 Å². The van der Waals surface area contributed by atoms with Gasteiger partial charge in [0.1, 0.15) is 5.82 Å². The lowest BCUT2D eigenvalue weighted by Crippen LogP contribution is -2.36. The molecule has 0 bridgehead atoms. The summed E-state index contributed by atoms with van der Waals surface area (Å²) in [6.45, 7) is 3.66. The van der Waals surface area contributed by atoms with Crippen LogP contribution in [0, 0.1) is 19.7 Å². The third-order valence-corrected chi connectivity index (χ3v) is 5.47. The molecule has 2 heterocycles. The summed E-state index contributed by atoms with van der Waals surface area (Å²) in [6, 6.07) is 16.7. The summed E-state index contributed by atoms with van der Waals surface area (Å²) >= 11 is 0. The molecule has 152 valence electrons. The molecule has 0 radical (unpaired) electrons. The highest BCUT2D eigenvalue weighted by atomic mass is 19.1. The maximum atomic E-state index is 13.3. The van der Waals surface area contributed by atoms with E-state index in [2.05, 4.69) is 10.2 Å². The van der Waals surface area contributed by atoms with Gasteiger partial charge in [0.05, 0.1) is 34.4 Å². The van der Waals surface area contributed by atoms with Gasteiger partial charge in [-0.15, -0.1) is 0 Å². The number of carbonyl (C=O) groups excluding carboxylic acids is 2. The van der Waals surface area contributed by atoms with Gasteiger partial charge in [-0.25, -0.2) is 9.07 Å². The van der Waals surface area contributed by atoms with Crippen LogP contribution in [0.4, 0.5) is 4.39 Å². The Kier molecular flexibility index (Phi) is 4.25. The minimum atomic E-state index is -0.466. The molecule has 0 unspecified atom stereocenters. The molecule has 0 spiro atoms. The van der Waals surface area contributed by atoms with Crippen molar-refractivity contribution in [2.24, 2.45) is 5.10 Å². The predicted molar refractivity (Wildman–Crippen MR) is 115 cm³/mol. The van der Waals surface area contributed by atoms with Crippen molar-refractivity contribution >= 4 is 28.8 Å². The van der Waals surface area contributed by atoms with Crippen LogP contribution in [0.5, 0.6) is 0 Å². The summed E-state index contributed by atoms with van der Waals surface area (Å²) in [4.78, 5) is 26.0. The summed E-state index contributed by atoms with van der Waals surface area (Å²) in [7, 11) is 0. The van der Waals surface area contributed by atoms with Gasteiger partial charge in [0.15, 0.2) is 0 Å². The molecule has 5 rings (SSSR count). The first-order valence-corrected chi connectivity index (χ1v) is 9.72. The Labute approximate surface area is 177 Å². The van der Waals surface area contributed by atoms with Crippen LogP contribution in [0.3, 0.4) is 0 Å². The van der Waals surface area contributed by atoms with Crippen molar-refractivity contribution in [1.82, 2.24) is 14.8 Å². The lowest BCUT2D eigenvalue weighted by molar-refractivity contribution is 0.0616. The number of hydrogen-bond donors (Lipinski definition) is 0. The van der Waals surface area contributed by atoms with Crippen molar-refractivity contribution in [3.05, 3.63) is 94.6 Å². The number of aromatic nitrogens is 2. The first kappa shape index (κ1) is 18.9. The van der Waals surface area contributed by atoms with E-state index in [0.29, 0.717) is 33.5 Å². The average molecular weight is 412 g/mol. The van der Waals surface area contributed by atoms with E-state index in [-0.39, 0.29) is 5.82 Å². The molecule has 7 heteroatoms. The zero-order valence-corrected chi connectivity index (χ0v) is 16.8. The Bertz CT molecular complexity index is 1350. The molecule has 0 fully saturated rings. The van der Waals surface area contributed by atoms with Crippen LogP contribution in [-0.2, 0) is 0 Å². The second kappa shape index (κ2) is 6.98. The molecule has 2 amide bonds. The topological polar surface area (TPSA) is 67.6 Å². The largest absolute Gasteiger partial charge is 0.282 e. The molecule has 1 aromatic heterocycles. The smallest absolute Gasteiger partial charge is 0.267 e. The molecule has 0 saturated heterocycles. The van der Waals surface area contributed by atoms with Crippen LogP contribution in [0.25, 0.3) is 16.5 Å². The lowest BCUT2D eigenvalue weighted by atomic mass is 9.95. The van der Waals surface area contributed by atoms with E-state index >= 15 is 0 Å². The van der Waals surface area contributed by atoms with Gasteiger partial charge < -0.3 is 0 Å². The number of amides is 2. The fourth-order valence-electron chi connectivity index (χ4n) is 3.91. The Balaban J connectivity index is 1.54. The third kappa shape index (κ3) is 2.93. The first-order valence-electron chi connectivity index (χ1n) is 9.72. The number of carbonyl (C=O) groups is 2. The Hall–Kier alpha value is -4.13. The summed E-state index contributed by atoms with van der Waals surface area (Å²) in [5.41, 5.74) is 3.70. The number of aryl methyl sites for hydroxylation is 1. The fourth-order valence-corrected chi connectivity index (χ4v) is 3.91. The standard InChI is InChI=1S/C24H17FN4O2/c1-14-21(15(2)28(27-14)18-11-9-17(25)10-12-18)13-26-29-23(30)19-7-3-5-16-6-4-8-20(22(16)19)24(29)31/h3-13H,1-2H3. The molecule has 0 saturated carbocycles. The molecule has 3 aromatic carbocycles. The SMILES string of the molecule is Cc1nn(-c2ccc(F)cc2)c(C)c1C=NN1C(=O)c2cccc3cccc(c23)C1=O. The zero-order valence-electron chi connectivity index (χ0n) is 16.8. The summed E-state index contributed by atoms with van der Waals surface area (Å²) in [5.74, 6) is -1.26. The first-order chi connectivity index (χ1) is 15.0. The molecule has 31 heavy (non-hydrogen) atoms. The average Bonchev–Trinajstić information content (AvgIpc) is 3.06. The Morgan fingerprint density at radius 1 is 0.903 bits per heavy atom. The Morgan fingerprint density at radius 2 is 1.52 bits per heavy atom. The molecule has 4 aromatic rings. The maximum absolute atomic E-state index is 13.3. The molecule has 0 N–H and O–H groups in total. The Morgan fingerprint density at radius 3 is 2.13 bits per heavy atom. The number of imide groups is 1. The van der Waals surface area contributed by atoms with E-state index in [1.54, 1.807) is 41.1 Å². The molecule has 0 aliphatic carbocycles. The molecule has 1 aliphatic rings. The second-order valence-electron chi connectivity index (χ2n) is 7.35. The molecule has 0 atom stereocenters. The van der Waals surface area contributed by atoms with Gasteiger partial charge in [-0.3, -0.25) is 9.59 Å². The van der Waals surface area contributed by atoms with Crippen LogP contribution >= 0.6 is 0 Å². The summed E-state index contributed by atoms with van der Waals surface area (Å²) in [6.07, 6.45) is 1.47. The highest BCUT2D eigenvalue weighted by Crippen LogP contribution is 2.30. The van der Waals surface area contributed by atoms with E-state index in [1.807, 2.05) is 26.0 Å². The lowest BCUT2D eigenvalue weighted by Gasteiger charge is -2.23. The number of rotatable bonds is 3. The summed E-state index contributed by atoms with van der Waals surface area (Å²) in [5, 5.41) is 11.1. The van der Waals surface area contributed by atoms with Crippen LogP contribution in [0.2, 0.25) is 0 Å². The van der Waals surface area contributed by atoms with Gasteiger partial charge >= 0.3 is 0 Å². The van der Waals surface area contributed by atoms with Gasteiger partial charge in [-0.1, -0.05) is 24.3 Å². The normalized spacial score (nSPS) is 13.6. The number of hydrazone groups is 1. The predicted octanol–water partition coefficient (Wildman–Crippen LogP) is 4.41. The van der Waals surface area contributed by atoms with E-state index < -0.39 is 11.8 Å². The van der Waals surface area contributed by atoms with Crippen LogP contribution in [0.15, 0.2) is 65.8 Å². The van der Waals surface area contributed by atoms with Gasteiger partial charge in [0.2, 0.25) is 0 Å². The van der Waals surface area contributed by atoms with E-state index in [9.17, 15) is 14.0 Å². The van der Waals surface area contributed by atoms with E-state index in [0.717, 1.165) is 16.1 Å². The van der Waals surface area contributed by atoms with Crippen molar-refractivity contribution in [3.8, 4) is 5.69 Å². The van der Waals surface area contributed by atoms with Crippen molar-refractivity contribution in [2.45, 2.75) is 13.8 Å². The molecule has 1 aliphatic heterocycles. The van der Waals surface area contributed by atoms with Crippen molar-refractivity contribution < 1.29 is 14.0 Å². The highest BCUT2D eigenvalue weighted by molar-refractivity contribution is 6.25. The number of benzene rings is 3. The van der Waals surface area contributed by atoms with Crippen molar-refractivity contribution in [2.75, 3.05) is 0 Å². The van der Waals surface area contributed by atoms with Gasteiger partial charge in [0, 0.05) is 10.9 Å². The zero-order chi connectivity index (χ0) is 21.7. The van der Waals surface area contributed by atoms with Crippen LogP contribution in [0.1, 0.15) is 37.7 Å². The van der Waals surface area contributed by atoms with Gasteiger partial charge in [0.25, 0.3) is 11.8 Å². The molecular formula is C24H17FN4O2. The minimum Gasteiger partial charge on any atom is -0.267 e. The van der Waals surface area contributed by atoms with E-state index in [1.165, 1.54) is 18.3 Å². The molecule has 6 nitrogen and oxygen atoms in total. The fraction of sp³-hybridized carbons (Fsp3) is 0.0833. The number of nitrogens with zero attached hydrogens (tertiary/aromatic N) is 4. The molecular weight excluding hydrogens is 395 g/mol. The second-order valence-corrected chi connectivity index (χ2v) is 7.35. The van der Waals surface area contributed by atoms with Crippen molar-refractivity contribution in [3.63, 3.8) is 0 Å². The van der Waals surface area contributed by atoms with E-state index in [4.69, 9.17) is 0 Å². The van der Waals surface area contributed by atoms with Crippen LogP contribution in [-0.4, -0.2) is 32.8 Å². The number of halogens is 1. The van der Waals surface area contributed by atoms with Crippen molar-refractivity contribution in [1.29, 1.82) is 0 Å². The van der Waals surface area contributed by atoms with Crippen LogP contribution < -0.4 is 0 Å². The number of hydrogen-bond acceptors (Lipinski definition) is 4. The summed E-state index contributed by atoms with van der Waals surface area (Å²) < 4.78 is 14.9. The highest BCUT2D eigenvalue weighted by Gasteiger charge is 2.32. The third-order valence-electron chi connectivity index (χ3n) is 5.47.